The first-order valence-electron chi connectivity index (χ1n) is 8.51. The molecule has 0 aliphatic heterocycles. The summed E-state index contributed by atoms with van der Waals surface area (Å²) in [5.74, 6) is 1.69. The van der Waals surface area contributed by atoms with Gasteiger partial charge in [0.05, 0.1) is 6.54 Å². The SMILES string of the molecule is CCNC(=NCC1(c2ccccc2F)CC1)NCCC1CC1.I. The van der Waals surface area contributed by atoms with Gasteiger partial charge in [-0.1, -0.05) is 31.0 Å². The zero-order valence-electron chi connectivity index (χ0n) is 13.8. The van der Waals surface area contributed by atoms with Gasteiger partial charge >= 0.3 is 0 Å². The molecule has 0 amide bonds. The first-order valence-corrected chi connectivity index (χ1v) is 8.51. The number of guanidine groups is 1. The monoisotopic (exact) mass is 431 g/mol. The largest absolute Gasteiger partial charge is 0.357 e. The van der Waals surface area contributed by atoms with Crippen LogP contribution in [0.25, 0.3) is 0 Å². The number of benzene rings is 1. The highest BCUT2D eigenvalue weighted by atomic mass is 127. The third-order valence-corrected chi connectivity index (χ3v) is 4.72. The number of nitrogens with one attached hydrogen (secondary N) is 2. The lowest BCUT2D eigenvalue weighted by Crippen LogP contribution is -2.38. The smallest absolute Gasteiger partial charge is 0.191 e. The van der Waals surface area contributed by atoms with Crippen LogP contribution >= 0.6 is 24.0 Å². The lowest BCUT2D eigenvalue weighted by molar-refractivity contribution is 0.572. The van der Waals surface area contributed by atoms with Gasteiger partial charge in [-0.05, 0) is 43.7 Å². The average molecular weight is 431 g/mol. The summed E-state index contributed by atoms with van der Waals surface area (Å²) in [7, 11) is 0. The maximum Gasteiger partial charge on any atom is 0.191 e. The summed E-state index contributed by atoms with van der Waals surface area (Å²) >= 11 is 0. The number of nitrogens with zero attached hydrogens (tertiary/aromatic N) is 1. The molecule has 1 aromatic carbocycles. The Morgan fingerprint density at radius 3 is 2.61 bits per heavy atom. The third kappa shape index (κ3) is 5.06. The Bertz CT molecular complexity index is 539. The van der Waals surface area contributed by atoms with Crippen molar-refractivity contribution in [3.05, 3.63) is 35.6 Å². The molecule has 0 bridgehead atoms. The van der Waals surface area contributed by atoms with E-state index in [1.807, 2.05) is 12.1 Å². The molecule has 0 radical (unpaired) electrons. The predicted octanol–water partition coefficient (Wildman–Crippen LogP) is 3.83. The fourth-order valence-electron chi connectivity index (χ4n) is 2.93. The highest BCUT2D eigenvalue weighted by Crippen LogP contribution is 2.49. The Morgan fingerprint density at radius 1 is 1.26 bits per heavy atom. The zero-order valence-corrected chi connectivity index (χ0v) is 16.1. The topological polar surface area (TPSA) is 36.4 Å². The number of hydrogen-bond donors (Lipinski definition) is 2. The average Bonchev–Trinajstić information content (AvgIpc) is 3.41. The Kier molecular flexibility index (Phi) is 6.68. The maximum absolute atomic E-state index is 14.0. The van der Waals surface area contributed by atoms with Crippen LogP contribution in [0.2, 0.25) is 0 Å². The molecule has 5 heteroatoms. The molecule has 3 nitrogen and oxygen atoms in total. The van der Waals surface area contributed by atoms with E-state index in [2.05, 4.69) is 17.6 Å². The highest BCUT2D eigenvalue weighted by Gasteiger charge is 2.45. The van der Waals surface area contributed by atoms with E-state index in [1.54, 1.807) is 12.1 Å². The van der Waals surface area contributed by atoms with Crippen molar-refractivity contribution in [2.75, 3.05) is 19.6 Å². The Labute approximate surface area is 155 Å². The summed E-state index contributed by atoms with van der Waals surface area (Å²) in [6.07, 6.45) is 6.04. The predicted molar refractivity (Wildman–Crippen MR) is 104 cm³/mol. The van der Waals surface area contributed by atoms with Gasteiger partial charge < -0.3 is 10.6 Å². The molecule has 2 aliphatic rings. The molecule has 2 saturated carbocycles. The van der Waals surface area contributed by atoms with E-state index in [1.165, 1.54) is 19.3 Å². The van der Waals surface area contributed by atoms with Crippen molar-refractivity contribution in [3.63, 3.8) is 0 Å². The summed E-state index contributed by atoms with van der Waals surface area (Å²) in [5.41, 5.74) is 0.747. The summed E-state index contributed by atoms with van der Waals surface area (Å²) in [6.45, 7) is 4.56. The van der Waals surface area contributed by atoms with E-state index in [0.29, 0.717) is 6.54 Å². The van der Waals surface area contributed by atoms with Gasteiger partial charge in [0, 0.05) is 18.5 Å². The summed E-state index contributed by atoms with van der Waals surface area (Å²) in [5, 5.41) is 6.69. The van der Waals surface area contributed by atoms with Crippen molar-refractivity contribution in [2.45, 2.75) is 44.4 Å². The normalized spacial score (nSPS) is 19.0. The van der Waals surface area contributed by atoms with Gasteiger partial charge in [-0.3, -0.25) is 4.99 Å². The molecule has 2 N–H and O–H groups in total. The van der Waals surface area contributed by atoms with Crippen molar-refractivity contribution >= 4 is 29.9 Å². The van der Waals surface area contributed by atoms with Gasteiger partial charge in [0.2, 0.25) is 0 Å². The Hall–Kier alpha value is -0.850. The molecule has 3 rings (SSSR count). The number of aliphatic imine (C=N–C) groups is 1. The fourth-order valence-corrected chi connectivity index (χ4v) is 2.93. The summed E-state index contributed by atoms with van der Waals surface area (Å²) in [4.78, 5) is 4.71. The van der Waals surface area contributed by atoms with Crippen LogP contribution in [0.4, 0.5) is 4.39 Å². The lowest BCUT2D eigenvalue weighted by atomic mass is 9.95. The highest BCUT2D eigenvalue weighted by molar-refractivity contribution is 14.0. The zero-order chi connectivity index (χ0) is 15.4. The minimum absolute atomic E-state index is 0. The van der Waals surface area contributed by atoms with Crippen LogP contribution in [0.1, 0.15) is 44.6 Å². The molecule has 23 heavy (non-hydrogen) atoms. The van der Waals surface area contributed by atoms with Gasteiger partial charge in [-0.15, -0.1) is 24.0 Å². The molecule has 2 aliphatic carbocycles. The van der Waals surface area contributed by atoms with Gasteiger partial charge in [0.1, 0.15) is 5.82 Å². The number of hydrogen-bond acceptors (Lipinski definition) is 1. The van der Waals surface area contributed by atoms with Crippen molar-refractivity contribution in [1.82, 2.24) is 10.6 Å². The third-order valence-electron chi connectivity index (χ3n) is 4.72. The van der Waals surface area contributed by atoms with Crippen molar-refractivity contribution in [1.29, 1.82) is 0 Å². The van der Waals surface area contributed by atoms with Gasteiger partial charge in [0.25, 0.3) is 0 Å². The minimum Gasteiger partial charge on any atom is -0.357 e. The second-order valence-electron chi connectivity index (χ2n) is 6.61. The van der Waals surface area contributed by atoms with Crippen LogP contribution in [0.15, 0.2) is 29.3 Å². The standard InChI is InChI=1S/C18H26FN3.HI/c1-2-20-17(21-12-9-14-7-8-14)22-13-18(10-11-18)15-5-3-4-6-16(15)19;/h3-6,14H,2,7-13H2,1H3,(H2,20,21,22);1H. The van der Waals surface area contributed by atoms with E-state index in [4.69, 9.17) is 4.99 Å². The molecule has 0 spiro atoms. The quantitative estimate of drug-likeness (QED) is 0.391. The van der Waals surface area contributed by atoms with Crippen LogP contribution in [-0.4, -0.2) is 25.6 Å². The summed E-state index contributed by atoms with van der Waals surface area (Å²) in [6, 6.07) is 7.13. The molecular weight excluding hydrogens is 404 g/mol. The molecule has 2 fully saturated rings. The van der Waals surface area contributed by atoms with Gasteiger partial charge in [-0.25, -0.2) is 4.39 Å². The molecule has 128 valence electrons. The van der Waals surface area contributed by atoms with E-state index < -0.39 is 0 Å². The molecule has 0 heterocycles. The maximum atomic E-state index is 14.0. The second kappa shape index (κ2) is 8.31. The Morgan fingerprint density at radius 2 is 2.00 bits per heavy atom. The van der Waals surface area contributed by atoms with Crippen LogP contribution in [0.5, 0.6) is 0 Å². The number of halogens is 2. The molecule has 1 aromatic rings. The van der Waals surface area contributed by atoms with Crippen molar-refractivity contribution in [3.8, 4) is 0 Å². The van der Waals surface area contributed by atoms with Crippen molar-refractivity contribution in [2.24, 2.45) is 10.9 Å². The molecule has 0 saturated heterocycles. The van der Waals surface area contributed by atoms with Crippen LogP contribution in [0.3, 0.4) is 0 Å². The van der Waals surface area contributed by atoms with E-state index >= 15 is 0 Å². The van der Waals surface area contributed by atoms with Crippen molar-refractivity contribution < 1.29 is 4.39 Å². The van der Waals surface area contributed by atoms with Crippen LogP contribution in [0, 0.1) is 11.7 Å². The van der Waals surface area contributed by atoms with Gasteiger partial charge in [-0.2, -0.15) is 0 Å². The van der Waals surface area contributed by atoms with E-state index in [0.717, 1.165) is 43.4 Å². The first kappa shape index (κ1) is 18.5. The Balaban J connectivity index is 0.00000192. The number of rotatable bonds is 7. The first-order chi connectivity index (χ1) is 10.7. The minimum atomic E-state index is -0.0955. The van der Waals surface area contributed by atoms with E-state index in [9.17, 15) is 4.39 Å². The fraction of sp³-hybridized carbons (Fsp3) is 0.611. The summed E-state index contributed by atoms with van der Waals surface area (Å²) < 4.78 is 14.0. The van der Waals surface area contributed by atoms with Gasteiger partial charge in [0.15, 0.2) is 5.96 Å². The molecular formula is C18H27FIN3. The lowest BCUT2D eigenvalue weighted by Gasteiger charge is -2.16. The van der Waals surface area contributed by atoms with E-state index in [-0.39, 0.29) is 35.2 Å². The second-order valence-corrected chi connectivity index (χ2v) is 6.61. The van der Waals surface area contributed by atoms with Crippen LogP contribution in [-0.2, 0) is 5.41 Å². The van der Waals surface area contributed by atoms with Crippen LogP contribution < -0.4 is 10.6 Å². The molecule has 0 aromatic heterocycles. The molecule has 0 unspecified atom stereocenters. The molecule has 0 atom stereocenters.